The molecule has 9 heteroatoms. The van der Waals surface area contributed by atoms with Gasteiger partial charge >= 0.3 is 6.61 Å². The summed E-state index contributed by atoms with van der Waals surface area (Å²) >= 11 is 0. The standard InChI is InChI=1S/C18H29F2N3O3.HI/c1-4-5-10-25-11-6-9-22-18(21-2)23-13-14-12-15(24-3)7-8-16(14)26-17(19)20;/h7-8,12,17H,4-6,9-11,13H2,1-3H3,(H2,21,22,23);1H. The van der Waals surface area contributed by atoms with E-state index in [2.05, 4.69) is 27.3 Å². The van der Waals surface area contributed by atoms with Crippen molar-refractivity contribution >= 4 is 29.9 Å². The Morgan fingerprint density at radius 2 is 1.93 bits per heavy atom. The first kappa shape index (κ1) is 25.6. The summed E-state index contributed by atoms with van der Waals surface area (Å²) in [7, 11) is 3.17. The Morgan fingerprint density at radius 3 is 2.56 bits per heavy atom. The highest BCUT2D eigenvalue weighted by molar-refractivity contribution is 14.0. The van der Waals surface area contributed by atoms with Crippen LogP contribution < -0.4 is 20.1 Å². The van der Waals surface area contributed by atoms with Gasteiger partial charge in [0, 0.05) is 38.9 Å². The number of benzene rings is 1. The number of hydrogen-bond acceptors (Lipinski definition) is 4. The van der Waals surface area contributed by atoms with E-state index in [1.54, 1.807) is 19.2 Å². The summed E-state index contributed by atoms with van der Waals surface area (Å²) in [6, 6.07) is 4.69. The highest BCUT2D eigenvalue weighted by Gasteiger charge is 2.11. The van der Waals surface area contributed by atoms with Crippen molar-refractivity contribution in [2.24, 2.45) is 4.99 Å². The molecular formula is C18H30F2IN3O3. The number of aliphatic imine (C=N–C) groups is 1. The molecule has 0 aromatic heterocycles. The van der Waals surface area contributed by atoms with Crippen LogP contribution in [0, 0.1) is 0 Å². The van der Waals surface area contributed by atoms with E-state index >= 15 is 0 Å². The summed E-state index contributed by atoms with van der Waals surface area (Å²) < 4.78 is 40.3. The molecule has 1 rings (SSSR count). The molecule has 0 bridgehead atoms. The number of alkyl halides is 2. The third-order valence-corrected chi connectivity index (χ3v) is 3.55. The largest absolute Gasteiger partial charge is 0.497 e. The number of hydrogen-bond donors (Lipinski definition) is 2. The average molecular weight is 501 g/mol. The highest BCUT2D eigenvalue weighted by atomic mass is 127. The molecular weight excluding hydrogens is 471 g/mol. The van der Waals surface area contributed by atoms with Gasteiger partial charge in [-0.15, -0.1) is 24.0 Å². The van der Waals surface area contributed by atoms with Crippen molar-refractivity contribution in [1.82, 2.24) is 10.6 Å². The fourth-order valence-corrected chi connectivity index (χ4v) is 2.16. The summed E-state index contributed by atoms with van der Waals surface area (Å²) in [5, 5.41) is 6.24. The van der Waals surface area contributed by atoms with E-state index < -0.39 is 6.61 Å². The van der Waals surface area contributed by atoms with Gasteiger partial charge in [-0.2, -0.15) is 8.78 Å². The van der Waals surface area contributed by atoms with E-state index in [1.165, 1.54) is 13.2 Å². The third-order valence-electron chi connectivity index (χ3n) is 3.55. The Balaban J connectivity index is 0.00000676. The van der Waals surface area contributed by atoms with Crippen LogP contribution in [0.3, 0.4) is 0 Å². The predicted octanol–water partition coefficient (Wildman–Crippen LogP) is 3.79. The number of nitrogens with zero attached hydrogens (tertiary/aromatic N) is 1. The quantitative estimate of drug-likeness (QED) is 0.198. The van der Waals surface area contributed by atoms with Gasteiger partial charge in [-0.05, 0) is 31.0 Å². The average Bonchev–Trinajstić information content (AvgIpc) is 2.64. The van der Waals surface area contributed by atoms with Crippen molar-refractivity contribution in [3.8, 4) is 11.5 Å². The molecule has 0 heterocycles. The lowest BCUT2D eigenvalue weighted by molar-refractivity contribution is -0.0504. The van der Waals surface area contributed by atoms with Gasteiger partial charge in [0.1, 0.15) is 11.5 Å². The molecule has 1 aromatic rings. The Morgan fingerprint density at radius 1 is 1.19 bits per heavy atom. The lowest BCUT2D eigenvalue weighted by Crippen LogP contribution is -2.37. The number of halogens is 3. The molecule has 27 heavy (non-hydrogen) atoms. The summed E-state index contributed by atoms with van der Waals surface area (Å²) in [5.74, 6) is 1.24. The van der Waals surface area contributed by atoms with Gasteiger partial charge in [0.2, 0.25) is 0 Å². The molecule has 1 aromatic carbocycles. The fourth-order valence-electron chi connectivity index (χ4n) is 2.16. The second-order valence-corrected chi connectivity index (χ2v) is 5.52. The second-order valence-electron chi connectivity index (χ2n) is 5.52. The topological polar surface area (TPSA) is 64.1 Å². The minimum Gasteiger partial charge on any atom is -0.497 e. The normalized spacial score (nSPS) is 11.1. The molecule has 0 atom stereocenters. The molecule has 0 radical (unpaired) electrons. The van der Waals surface area contributed by atoms with Gasteiger partial charge in [0.05, 0.1) is 7.11 Å². The maximum Gasteiger partial charge on any atom is 0.387 e. The molecule has 0 unspecified atom stereocenters. The van der Waals surface area contributed by atoms with E-state index in [4.69, 9.17) is 9.47 Å². The zero-order chi connectivity index (χ0) is 19.2. The van der Waals surface area contributed by atoms with Crippen LogP contribution in [-0.4, -0.2) is 46.5 Å². The monoisotopic (exact) mass is 501 g/mol. The van der Waals surface area contributed by atoms with E-state index in [9.17, 15) is 8.78 Å². The van der Waals surface area contributed by atoms with Crippen molar-refractivity contribution in [2.45, 2.75) is 39.3 Å². The van der Waals surface area contributed by atoms with E-state index in [0.717, 1.165) is 25.9 Å². The Bertz CT molecular complexity index is 549. The van der Waals surface area contributed by atoms with E-state index in [1.807, 2.05) is 0 Å². The number of nitrogens with one attached hydrogen (secondary N) is 2. The first-order valence-corrected chi connectivity index (χ1v) is 8.74. The molecule has 156 valence electrons. The van der Waals surface area contributed by atoms with Gasteiger partial charge in [-0.1, -0.05) is 13.3 Å². The molecule has 2 N–H and O–H groups in total. The Hall–Kier alpha value is -1.36. The van der Waals surface area contributed by atoms with Crippen LogP contribution in [-0.2, 0) is 11.3 Å². The van der Waals surface area contributed by atoms with Crippen LogP contribution in [0.1, 0.15) is 31.7 Å². The molecule has 0 fully saturated rings. The summed E-state index contributed by atoms with van der Waals surface area (Å²) in [6.07, 6.45) is 3.04. The van der Waals surface area contributed by atoms with Crippen molar-refractivity contribution in [3.63, 3.8) is 0 Å². The first-order chi connectivity index (χ1) is 12.6. The first-order valence-electron chi connectivity index (χ1n) is 8.74. The molecule has 0 aliphatic heterocycles. The Kier molecular flexibility index (Phi) is 14.9. The molecule has 0 spiro atoms. The minimum atomic E-state index is -2.88. The van der Waals surface area contributed by atoms with Crippen molar-refractivity contribution in [1.29, 1.82) is 0 Å². The molecule has 0 amide bonds. The van der Waals surface area contributed by atoms with Gasteiger partial charge in [-0.3, -0.25) is 4.99 Å². The van der Waals surface area contributed by atoms with Gasteiger partial charge < -0.3 is 24.8 Å². The molecule has 6 nitrogen and oxygen atoms in total. The molecule has 0 aliphatic carbocycles. The van der Waals surface area contributed by atoms with Crippen molar-refractivity contribution < 1.29 is 23.0 Å². The molecule has 0 saturated carbocycles. The second kappa shape index (κ2) is 15.7. The van der Waals surface area contributed by atoms with Gasteiger partial charge in [0.25, 0.3) is 0 Å². The SMILES string of the molecule is CCCCOCCCNC(=NC)NCc1cc(OC)ccc1OC(F)F.I. The van der Waals surface area contributed by atoms with Crippen LogP contribution in [0.4, 0.5) is 8.78 Å². The van der Waals surface area contributed by atoms with Crippen molar-refractivity contribution in [2.75, 3.05) is 33.9 Å². The van der Waals surface area contributed by atoms with Crippen LogP contribution in [0.2, 0.25) is 0 Å². The van der Waals surface area contributed by atoms with Crippen LogP contribution in [0.25, 0.3) is 0 Å². The minimum absolute atomic E-state index is 0. The van der Waals surface area contributed by atoms with Crippen LogP contribution in [0.15, 0.2) is 23.2 Å². The van der Waals surface area contributed by atoms with Gasteiger partial charge in [0.15, 0.2) is 5.96 Å². The lowest BCUT2D eigenvalue weighted by Gasteiger charge is -2.15. The number of rotatable bonds is 12. The van der Waals surface area contributed by atoms with Gasteiger partial charge in [-0.25, -0.2) is 0 Å². The molecule has 0 aliphatic rings. The van der Waals surface area contributed by atoms with Crippen molar-refractivity contribution in [3.05, 3.63) is 23.8 Å². The van der Waals surface area contributed by atoms with E-state index in [-0.39, 0.29) is 36.3 Å². The summed E-state index contributed by atoms with van der Waals surface area (Å²) in [4.78, 5) is 4.12. The summed E-state index contributed by atoms with van der Waals surface area (Å²) in [6.45, 7) is 1.68. The predicted molar refractivity (Wildman–Crippen MR) is 114 cm³/mol. The van der Waals surface area contributed by atoms with E-state index in [0.29, 0.717) is 30.4 Å². The third kappa shape index (κ3) is 11.2. The smallest absolute Gasteiger partial charge is 0.387 e. The molecule has 0 saturated heterocycles. The maximum absolute atomic E-state index is 12.5. The fraction of sp³-hybridized carbons (Fsp3) is 0.611. The highest BCUT2D eigenvalue weighted by Crippen LogP contribution is 2.25. The number of guanidine groups is 1. The zero-order valence-electron chi connectivity index (χ0n) is 16.1. The zero-order valence-corrected chi connectivity index (χ0v) is 18.4. The van der Waals surface area contributed by atoms with Crippen LogP contribution in [0.5, 0.6) is 11.5 Å². The Labute approximate surface area is 177 Å². The lowest BCUT2D eigenvalue weighted by atomic mass is 10.2. The maximum atomic E-state index is 12.5. The number of ether oxygens (including phenoxy) is 3. The van der Waals surface area contributed by atoms with Crippen LogP contribution >= 0.6 is 24.0 Å². The number of methoxy groups -OCH3 is 1. The number of unbranched alkanes of at least 4 members (excludes halogenated alkanes) is 1. The summed E-state index contributed by atoms with van der Waals surface area (Å²) in [5.41, 5.74) is 0.551.